The van der Waals surface area contributed by atoms with Crippen molar-refractivity contribution in [2.75, 3.05) is 6.54 Å². The Balaban J connectivity index is 1.56. The van der Waals surface area contributed by atoms with Gasteiger partial charge in [-0.15, -0.1) is 0 Å². The Morgan fingerprint density at radius 1 is 1.35 bits per heavy atom. The van der Waals surface area contributed by atoms with Crippen molar-refractivity contribution in [2.24, 2.45) is 11.0 Å². The molecule has 0 bridgehead atoms. The van der Waals surface area contributed by atoms with Gasteiger partial charge in [0.25, 0.3) is 0 Å². The van der Waals surface area contributed by atoms with Crippen LogP contribution >= 0.6 is 0 Å². The lowest BCUT2D eigenvalue weighted by Crippen LogP contribution is -2.30. The summed E-state index contributed by atoms with van der Waals surface area (Å²) in [5.74, 6) is 0.545. The van der Waals surface area contributed by atoms with Gasteiger partial charge in [-0.1, -0.05) is 0 Å². The number of carbonyl (C=O) groups excluding carboxylic acids is 2. The Labute approximate surface area is 132 Å². The van der Waals surface area contributed by atoms with Gasteiger partial charge in [0, 0.05) is 13.0 Å². The Morgan fingerprint density at radius 3 is 2.83 bits per heavy atom. The number of hydrogen-bond donors (Lipinski definition) is 1. The number of carbonyl (C=O) groups is 2. The zero-order valence-corrected chi connectivity index (χ0v) is 12.7. The minimum Gasteiger partial charge on any atom is -0.467 e. The van der Waals surface area contributed by atoms with Crippen LogP contribution in [0.5, 0.6) is 0 Å². The van der Waals surface area contributed by atoms with Crippen LogP contribution in [-0.2, 0) is 16.1 Å². The molecular weight excluding hydrogens is 298 g/mol. The Kier molecular flexibility index (Phi) is 4.27. The molecule has 3 rings (SSSR count). The molecule has 1 saturated heterocycles. The summed E-state index contributed by atoms with van der Waals surface area (Å²) in [7, 11) is 0. The predicted molar refractivity (Wildman–Crippen MR) is 81.3 cm³/mol. The van der Waals surface area contributed by atoms with Gasteiger partial charge in [0.2, 0.25) is 11.8 Å². The molecule has 1 fully saturated rings. The van der Waals surface area contributed by atoms with Crippen molar-refractivity contribution in [1.29, 1.82) is 0 Å². The molecule has 0 aromatic carbocycles. The van der Waals surface area contributed by atoms with Crippen molar-refractivity contribution in [3.63, 3.8) is 0 Å². The molecule has 1 N–H and O–H groups in total. The van der Waals surface area contributed by atoms with Gasteiger partial charge in [0.15, 0.2) is 0 Å². The SMILES string of the molecule is C/C(=N\NC(=O)C1CC(=O)N(Cc2ccco2)C1)c1ccco1. The molecule has 1 aliphatic rings. The number of nitrogens with one attached hydrogen (secondary N) is 1. The van der Waals surface area contributed by atoms with E-state index in [-0.39, 0.29) is 18.2 Å². The fourth-order valence-electron chi connectivity index (χ4n) is 2.46. The van der Waals surface area contributed by atoms with Gasteiger partial charge in [-0.05, 0) is 31.2 Å². The van der Waals surface area contributed by atoms with Crippen LogP contribution in [0.2, 0.25) is 0 Å². The lowest BCUT2D eigenvalue weighted by atomic mass is 10.1. The van der Waals surface area contributed by atoms with E-state index in [1.54, 1.807) is 48.6 Å². The van der Waals surface area contributed by atoms with E-state index in [0.29, 0.717) is 30.3 Å². The topological polar surface area (TPSA) is 88.0 Å². The van der Waals surface area contributed by atoms with Gasteiger partial charge in [0.1, 0.15) is 17.2 Å². The molecule has 2 aromatic heterocycles. The summed E-state index contributed by atoms with van der Waals surface area (Å²) in [5.41, 5.74) is 3.07. The van der Waals surface area contributed by atoms with Crippen LogP contribution in [0.15, 0.2) is 50.7 Å². The van der Waals surface area contributed by atoms with Crippen LogP contribution in [0.1, 0.15) is 24.9 Å². The average molecular weight is 315 g/mol. The van der Waals surface area contributed by atoms with Crippen molar-refractivity contribution in [3.8, 4) is 0 Å². The zero-order chi connectivity index (χ0) is 16.2. The molecule has 0 spiro atoms. The molecule has 2 aromatic rings. The third-order valence-electron chi connectivity index (χ3n) is 3.72. The molecule has 0 radical (unpaired) electrons. The van der Waals surface area contributed by atoms with E-state index in [9.17, 15) is 9.59 Å². The molecule has 120 valence electrons. The zero-order valence-electron chi connectivity index (χ0n) is 12.7. The number of likely N-dealkylation sites (tertiary alicyclic amines) is 1. The summed E-state index contributed by atoms with van der Waals surface area (Å²) in [4.78, 5) is 25.8. The quantitative estimate of drug-likeness (QED) is 0.672. The molecule has 7 nitrogen and oxygen atoms in total. The maximum absolute atomic E-state index is 12.2. The smallest absolute Gasteiger partial charge is 0.245 e. The Bertz CT molecular complexity index is 704. The summed E-state index contributed by atoms with van der Waals surface area (Å²) < 4.78 is 10.4. The first-order valence-corrected chi connectivity index (χ1v) is 7.31. The van der Waals surface area contributed by atoms with Crippen molar-refractivity contribution in [3.05, 3.63) is 48.3 Å². The van der Waals surface area contributed by atoms with Crippen LogP contribution in [0.25, 0.3) is 0 Å². The molecule has 1 aliphatic heterocycles. The van der Waals surface area contributed by atoms with Gasteiger partial charge >= 0.3 is 0 Å². The third kappa shape index (κ3) is 3.50. The highest BCUT2D eigenvalue weighted by Gasteiger charge is 2.34. The normalized spacial score (nSPS) is 18.5. The average Bonchev–Trinajstić information content (AvgIpc) is 3.27. The van der Waals surface area contributed by atoms with E-state index in [4.69, 9.17) is 8.83 Å². The number of rotatable bonds is 5. The molecule has 0 saturated carbocycles. The van der Waals surface area contributed by atoms with Gasteiger partial charge in [0.05, 0.1) is 25.0 Å². The van der Waals surface area contributed by atoms with Crippen LogP contribution in [0, 0.1) is 5.92 Å². The molecule has 7 heteroatoms. The van der Waals surface area contributed by atoms with Crippen LogP contribution in [0.4, 0.5) is 0 Å². The molecule has 23 heavy (non-hydrogen) atoms. The maximum atomic E-state index is 12.2. The summed E-state index contributed by atoms with van der Waals surface area (Å²) in [5, 5.41) is 4.01. The van der Waals surface area contributed by atoms with E-state index in [1.807, 2.05) is 0 Å². The highest BCUT2D eigenvalue weighted by atomic mass is 16.3. The number of nitrogens with zero attached hydrogens (tertiary/aromatic N) is 2. The van der Waals surface area contributed by atoms with E-state index in [1.165, 1.54) is 0 Å². The lowest BCUT2D eigenvalue weighted by molar-refractivity contribution is -0.129. The van der Waals surface area contributed by atoms with Crippen LogP contribution < -0.4 is 5.43 Å². The van der Waals surface area contributed by atoms with Crippen LogP contribution in [0.3, 0.4) is 0 Å². The highest BCUT2D eigenvalue weighted by molar-refractivity contribution is 5.97. The number of hydrogen-bond acceptors (Lipinski definition) is 5. The third-order valence-corrected chi connectivity index (χ3v) is 3.72. The largest absolute Gasteiger partial charge is 0.467 e. The van der Waals surface area contributed by atoms with Crippen molar-refractivity contribution >= 4 is 17.5 Å². The summed E-state index contributed by atoms with van der Waals surface area (Å²) in [6.07, 6.45) is 3.28. The molecular formula is C16H17N3O4. The summed E-state index contributed by atoms with van der Waals surface area (Å²) in [6, 6.07) is 7.08. The number of hydrazone groups is 1. The second-order valence-corrected chi connectivity index (χ2v) is 5.41. The van der Waals surface area contributed by atoms with Crippen LogP contribution in [-0.4, -0.2) is 29.0 Å². The highest BCUT2D eigenvalue weighted by Crippen LogP contribution is 2.20. The molecule has 1 unspecified atom stereocenters. The molecule has 0 aliphatic carbocycles. The van der Waals surface area contributed by atoms with E-state index < -0.39 is 5.92 Å². The second-order valence-electron chi connectivity index (χ2n) is 5.41. The minimum absolute atomic E-state index is 0.0618. The molecule has 2 amide bonds. The van der Waals surface area contributed by atoms with E-state index in [0.717, 1.165) is 0 Å². The first-order chi connectivity index (χ1) is 11.1. The predicted octanol–water partition coefficient (Wildman–Crippen LogP) is 1.76. The summed E-state index contributed by atoms with van der Waals surface area (Å²) >= 11 is 0. The van der Waals surface area contributed by atoms with Gasteiger partial charge in [-0.2, -0.15) is 5.10 Å². The van der Waals surface area contributed by atoms with Crippen molar-refractivity contribution in [1.82, 2.24) is 10.3 Å². The van der Waals surface area contributed by atoms with Gasteiger partial charge in [-0.25, -0.2) is 5.43 Å². The number of amides is 2. The second kappa shape index (κ2) is 6.51. The fourth-order valence-corrected chi connectivity index (χ4v) is 2.46. The molecule has 3 heterocycles. The lowest BCUT2D eigenvalue weighted by Gasteiger charge is -2.14. The Morgan fingerprint density at radius 2 is 2.13 bits per heavy atom. The Hall–Kier alpha value is -2.83. The van der Waals surface area contributed by atoms with Crippen molar-refractivity contribution in [2.45, 2.75) is 19.9 Å². The fraction of sp³-hybridized carbons (Fsp3) is 0.312. The monoisotopic (exact) mass is 315 g/mol. The summed E-state index contributed by atoms with van der Waals surface area (Å²) in [6.45, 7) is 2.48. The van der Waals surface area contributed by atoms with E-state index in [2.05, 4.69) is 10.5 Å². The van der Waals surface area contributed by atoms with Crippen molar-refractivity contribution < 1.29 is 18.4 Å². The standard InChI is InChI=1S/C16H17N3O4/c1-11(14-5-3-7-23-14)17-18-16(21)12-8-15(20)19(9-12)10-13-4-2-6-22-13/h2-7,12H,8-10H2,1H3,(H,18,21)/b17-11+. The number of furan rings is 2. The minimum atomic E-state index is -0.411. The maximum Gasteiger partial charge on any atom is 0.245 e. The first kappa shape index (κ1) is 15.1. The van der Waals surface area contributed by atoms with E-state index >= 15 is 0 Å². The first-order valence-electron chi connectivity index (χ1n) is 7.31. The van der Waals surface area contributed by atoms with Gasteiger partial charge < -0.3 is 13.7 Å². The van der Waals surface area contributed by atoms with Gasteiger partial charge in [-0.3, -0.25) is 9.59 Å². The molecule has 1 atom stereocenters.